The number of H-pyrrole nitrogens is 1. The molecule has 2 rings (SSSR count). The van der Waals surface area contributed by atoms with Gasteiger partial charge in [0.2, 0.25) is 5.82 Å². The normalized spacial score (nSPS) is 10.4. The SMILES string of the molecule is O=[N+]([O-])c1ccc(F)c(-c2cnc[nH]2)c1F. The molecule has 5 nitrogen and oxygen atoms in total. The highest BCUT2D eigenvalue weighted by molar-refractivity contribution is 5.63. The summed E-state index contributed by atoms with van der Waals surface area (Å²) in [6.07, 6.45) is 2.41. The van der Waals surface area contributed by atoms with E-state index >= 15 is 0 Å². The predicted molar refractivity (Wildman–Crippen MR) is 50.6 cm³/mol. The Morgan fingerprint density at radius 1 is 1.38 bits per heavy atom. The smallest absolute Gasteiger partial charge is 0.305 e. The van der Waals surface area contributed by atoms with Crippen LogP contribution < -0.4 is 0 Å². The van der Waals surface area contributed by atoms with Gasteiger partial charge in [-0.25, -0.2) is 9.37 Å². The number of nitrogens with zero attached hydrogens (tertiary/aromatic N) is 2. The van der Waals surface area contributed by atoms with E-state index in [0.29, 0.717) is 0 Å². The largest absolute Gasteiger partial charge is 0.344 e. The molecule has 82 valence electrons. The van der Waals surface area contributed by atoms with E-state index in [1.807, 2.05) is 0 Å². The van der Waals surface area contributed by atoms with Gasteiger partial charge in [0, 0.05) is 6.07 Å². The minimum Gasteiger partial charge on any atom is -0.344 e. The number of aromatic amines is 1. The summed E-state index contributed by atoms with van der Waals surface area (Å²) in [5.74, 6) is -2.10. The van der Waals surface area contributed by atoms with Crippen LogP contribution in [0.1, 0.15) is 0 Å². The fourth-order valence-electron chi connectivity index (χ4n) is 1.32. The molecule has 0 saturated carbocycles. The van der Waals surface area contributed by atoms with Gasteiger partial charge < -0.3 is 4.98 Å². The molecule has 0 aliphatic carbocycles. The first-order valence-electron chi connectivity index (χ1n) is 4.22. The molecule has 0 amide bonds. The van der Waals surface area contributed by atoms with Crippen LogP contribution in [0.25, 0.3) is 11.3 Å². The van der Waals surface area contributed by atoms with Crippen molar-refractivity contribution < 1.29 is 13.7 Å². The summed E-state index contributed by atoms with van der Waals surface area (Å²) in [6, 6.07) is 1.63. The van der Waals surface area contributed by atoms with Crippen molar-refractivity contribution in [1.29, 1.82) is 0 Å². The molecule has 1 N–H and O–H groups in total. The van der Waals surface area contributed by atoms with Crippen molar-refractivity contribution in [2.75, 3.05) is 0 Å². The molecule has 0 aliphatic heterocycles. The average molecular weight is 225 g/mol. The Balaban J connectivity index is 2.69. The Hall–Kier alpha value is -2.31. The van der Waals surface area contributed by atoms with Crippen molar-refractivity contribution in [2.24, 2.45) is 0 Å². The third kappa shape index (κ3) is 1.52. The number of rotatable bonds is 2. The van der Waals surface area contributed by atoms with Crippen molar-refractivity contribution in [1.82, 2.24) is 9.97 Å². The zero-order valence-corrected chi connectivity index (χ0v) is 7.78. The second kappa shape index (κ2) is 3.69. The van der Waals surface area contributed by atoms with Crippen molar-refractivity contribution >= 4 is 5.69 Å². The quantitative estimate of drug-likeness (QED) is 0.629. The van der Waals surface area contributed by atoms with Crippen LogP contribution in [-0.2, 0) is 0 Å². The van der Waals surface area contributed by atoms with Crippen molar-refractivity contribution in [3.05, 3.63) is 46.4 Å². The molecule has 1 aromatic carbocycles. The third-order valence-corrected chi connectivity index (χ3v) is 2.03. The standard InChI is InChI=1S/C9H5F2N3O2/c10-5-1-2-7(14(15)16)9(11)8(5)6-3-12-4-13-6/h1-4H,(H,12,13). The van der Waals surface area contributed by atoms with Crippen LogP contribution >= 0.6 is 0 Å². The van der Waals surface area contributed by atoms with E-state index in [1.165, 1.54) is 12.5 Å². The highest BCUT2D eigenvalue weighted by atomic mass is 19.1. The molecule has 0 aliphatic rings. The van der Waals surface area contributed by atoms with Crippen LogP contribution in [0.5, 0.6) is 0 Å². The summed E-state index contributed by atoms with van der Waals surface area (Å²) in [5, 5.41) is 10.5. The maximum atomic E-state index is 13.6. The maximum absolute atomic E-state index is 13.6. The van der Waals surface area contributed by atoms with Crippen molar-refractivity contribution in [2.45, 2.75) is 0 Å². The van der Waals surface area contributed by atoms with Gasteiger partial charge in [-0.15, -0.1) is 0 Å². The lowest BCUT2D eigenvalue weighted by molar-refractivity contribution is -0.387. The van der Waals surface area contributed by atoms with Crippen molar-refractivity contribution in [3.63, 3.8) is 0 Å². The number of imidazole rings is 1. The number of halogens is 2. The summed E-state index contributed by atoms with van der Waals surface area (Å²) in [6.45, 7) is 0. The van der Waals surface area contributed by atoms with E-state index in [4.69, 9.17) is 0 Å². The van der Waals surface area contributed by atoms with Crippen LogP contribution in [0, 0.1) is 21.7 Å². The molecule has 2 aromatic rings. The zero-order chi connectivity index (χ0) is 11.7. The second-order valence-electron chi connectivity index (χ2n) is 2.98. The molecule has 0 fully saturated rings. The highest BCUT2D eigenvalue weighted by Crippen LogP contribution is 2.29. The zero-order valence-electron chi connectivity index (χ0n) is 7.78. The first-order valence-corrected chi connectivity index (χ1v) is 4.22. The van der Waals surface area contributed by atoms with Crippen LogP contribution in [0.4, 0.5) is 14.5 Å². The maximum Gasteiger partial charge on any atom is 0.305 e. The fraction of sp³-hybridized carbons (Fsp3) is 0. The van der Waals surface area contributed by atoms with Gasteiger partial charge in [-0.05, 0) is 6.07 Å². The van der Waals surface area contributed by atoms with Gasteiger partial charge in [0.15, 0.2) is 0 Å². The second-order valence-corrected chi connectivity index (χ2v) is 2.98. The molecule has 0 unspecified atom stereocenters. The van der Waals surface area contributed by atoms with E-state index in [2.05, 4.69) is 9.97 Å². The van der Waals surface area contributed by atoms with Crippen LogP contribution in [0.3, 0.4) is 0 Å². The fourth-order valence-corrected chi connectivity index (χ4v) is 1.32. The van der Waals surface area contributed by atoms with E-state index in [0.717, 1.165) is 12.1 Å². The highest BCUT2D eigenvalue weighted by Gasteiger charge is 2.22. The molecular weight excluding hydrogens is 220 g/mol. The van der Waals surface area contributed by atoms with Gasteiger partial charge in [0.05, 0.1) is 28.7 Å². The Morgan fingerprint density at radius 2 is 2.12 bits per heavy atom. The minimum atomic E-state index is -1.21. The number of nitro benzene ring substituents is 1. The number of nitrogens with one attached hydrogen (secondary N) is 1. The minimum absolute atomic E-state index is 0.0544. The molecule has 16 heavy (non-hydrogen) atoms. The molecule has 0 spiro atoms. The summed E-state index contributed by atoms with van der Waals surface area (Å²) < 4.78 is 27.0. The molecule has 7 heteroatoms. The van der Waals surface area contributed by atoms with Gasteiger partial charge in [0.25, 0.3) is 0 Å². The first-order chi connectivity index (χ1) is 7.61. The monoisotopic (exact) mass is 225 g/mol. The first kappa shape index (κ1) is 10.2. The Morgan fingerprint density at radius 3 is 2.69 bits per heavy atom. The summed E-state index contributed by atoms with van der Waals surface area (Å²) in [7, 11) is 0. The number of hydrogen-bond acceptors (Lipinski definition) is 3. The lowest BCUT2D eigenvalue weighted by Gasteiger charge is -2.02. The number of aromatic nitrogens is 2. The van der Waals surface area contributed by atoms with Crippen LogP contribution in [-0.4, -0.2) is 14.9 Å². The molecule has 0 bridgehead atoms. The molecule has 1 aromatic heterocycles. The summed E-state index contributed by atoms with van der Waals surface area (Å²) >= 11 is 0. The average Bonchev–Trinajstić information content (AvgIpc) is 2.70. The van der Waals surface area contributed by atoms with Crippen LogP contribution in [0.2, 0.25) is 0 Å². The van der Waals surface area contributed by atoms with Crippen LogP contribution in [0.15, 0.2) is 24.7 Å². The topological polar surface area (TPSA) is 71.8 Å². The summed E-state index contributed by atoms with van der Waals surface area (Å²) in [4.78, 5) is 15.6. The molecule has 1 heterocycles. The van der Waals surface area contributed by atoms with E-state index in [-0.39, 0.29) is 5.69 Å². The number of hydrogen-bond donors (Lipinski definition) is 1. The van der Waals surface area contributed by atoms with Crippen molar-refractivity contribution in [3.8, 4) is 11.3 Å². The van der Waals surface area contributed by atoms with Gasteiger partial charge in [-0.3, -0.25) is 10.1 Å². The Labute approximate surface area is 87.9 Å². The Bertz CT molecular complexity index is 540. The predicted octanol–water partition coefficient (Wildman–Crippen LogP) is 2.26. The Kier molecular flexibility index (Phi) is 2.35. The molecular formula is C9H5F2N3O2. The van der Waals surface area contributed by atoms with E-state index in [9.17, 15) is 18.9 Å². The lowest BCUT2D eigenvalue weighted by atomic mass is 10.1. The number of nitro groups is 1. The van der Waals surface area contributed by atoms with E-state index < -0.39 is 27.8 Å². The van der Waals surface area contributed by atoms with Gasteiger partial charge in [-0.2, -0.15) is 4.39 Å². The molecule has 0 saturated heterocycles. The third-order valence-electron chi connectivity index (χ3n) is 2.03. The van der Waals surface area contributed by atoms with Gasteiger partial charge in [-0.1, -0.05) is 0 Å². The molecule has 0 radical (unpaired) electrons. The molecule has 0 atom stereocenters. The van der Waals surface area contributed by atoms with E-state index in [1.54, 1.807) is 0 Å². The van der Waals surface area contributed by atoms with Gasteiger partial charge >= 0.3 is 5.69 Å². The van der Waals surface area contributed by atoms with Gasteiger partial charge in [0.1, 0.15) is 5.82 Å². The summed E-state index contributed by atoms with van der Waals surface area (Å²) in [5.41, 5.74) is -1.20. The lowest BCUT2D eigenvalue weighted by Crippen LogP contribution is -1.97. The number of benzene rings is 1.